The average molecular weight is 530 g/mol. The van der Waals surface area contributed by atoms with Crippen LogP contribution in [0.5, 0.6) is 5.75 Å². The summed E-state index contributed by atoms with van der Waals surface area (Å²) in [6.07, 6.45) is -1.69. The lowest BCUT2D eigenvalue weighted by atomic mass is 10.1. The van der Waals surface area contributed by atoms with Gasteiger partial charge in [0, 0.05) is 37.1 Å². The smallest absolute Gasteiger partial charge is 0.424 e. The molecule has 4 atom stereocenters. The third kappa shape index (κ3) is 4.63. The molecule has 0 spiro atoms. The van der Waals surface area contributed by atoms with Gasteiger partial charge in [-0.05, 0) is 30.2 Å². The van der Waals surface area contributed by atoms with Crippen molar-refractivity contribution in [2.45, 2.75) is 24.7 Å². The van der Waals surface area contributed by atoms with Crippen LogP contribution in [-0.2, 0) is 29.3 Å². The van der Waals surface area contributed by atoms with Crippen LogP contribution in [0.1, 0.15) is 23.0 Å². The molecule has 35 heavy (non-hydrogen) atoms. The minimum atomic E-state index is -5.08. The fraction of sp³-hybridized carbons (Fsp3) is 0.350. The number of carbonyl (C=O) groups is 2. The topological polar surface area (TPSA) is 162 Å². The summed E-state index contributed by atoms with van der Waals surface area (Å²) in [5.41, 5.74) is -0.0305. The molecular formula is C20H21FN2O10P2. The number of halogens is 1. The maximum Gasteiger partial charge on any atom is 0.424 e. The Kier molecular flexibility index (Phi) is 6.60. The second-order valence-corrected chi connectivity index (χ2v) is 13.0. The van der Waals surface area contributed by atoms with Gasteiger partial charge < -0.3 is 19.5 Å². The Hall–Kier alpha value is -2.66. The van der Waals surface area contributed by atoms with Crippen molar-refractivity contribution in [1.29, 1.82) is 0 Å². The zero-order chi connectivity index (χ0) is 25.6. The van der Waals surface area contributed by atoms with Gasteiger partial charge in [0.05, 0.1) is 6.54 Å². The first kappa shape index (κ1) is 25.4. The highest BCUT2D eigenvalue weighted by Crippen LogP contribution is 2.79. The van der Waals surface area contributed by atoms with Crippen molar-refractivity contribution in [3.8, 4) is 5.75 Å². The largest absolute Gasteiger partial charge is 0.447 e. The van der Waals surface area contributed by atoms with Gasteiger partial charge in [0.2, 0.25) is 18.7 Å². The number of ether oxygens (including phenoxy) is 2. The molecule has 15 heteroatoms. The second kappa shape index (κ2) is 9.09. The van der Waals surface area contributed by atoms with Crippen LogP contribution in [0.2, 0.25) is 0 Å². The lowest BCUT2D eigenvalue weighted by Gasteiger charge is -2.43. The molecule has 12 nitrogen and oxygen atoms in total. The first-order chi connectivity index (χ1) is 16.3. The van der Waals surface area contributed by atoms with Crippen LogP contribution in [0.15, 0.2) is 36.7 Å². The van der Waals surface area contributed by atoms with Crippen LogP contribution in [0.3, 0.4) is 0 Å². The number of benzene rings is 1. The molecule has 2 N–H and O–H groups in total. The van der Waals surface area contributed by atoms with Crippen molar-refractivity contribution in [3.63, 3.8) is 0 Å². The molecule has 2 aromatic rings. The molecule has 4 rings (SSSR count). The Morgan fingerprint density at radius 2 is 2.11 bits per heavy atom. The maximum absolute atomic E-state index is 15.1. The van der Waals surface area contributed by atoms with E-state index in [0.29, 0.717) is 10.5 Å². The van der Waals surface area contributed by atoms with Gasteiger partial charge in [0.15, 0.2) is 0 Å². The van der Waals surface area contributed by atoms with Gasteiger partial charge in [-0.15, -0.1) is 0 Å². The number of aromatic nitrogens is 1. The summed E-state index contributed by atoms with van der Waals surface area (Å²) in [6.45, 7) is 2.30. The average Bonchev–Trinajstić information content (AvgIpc) is 3.18. The summed E-state index contributed by atoms with van der Waals surface area (Å²) < 4.78 is 61.6. The molecule has 4 unspecified atom stereocenters. The van der Waals surface area contributed by atoms with Crippen LogP contribution >= 0.6 is 15.0 Å². The van der Waals surface area contributed by atoms with E-state index in [-0.39, 0.29) is 30.0 Å². The second-order valence-electron chi connectivity index (χ2n) is 7.99. The standard InChI is InChI=1S/C20H21FN2O10P2/c1-12-8-14(31-19(25)23-6-7-30-18(23)24)9-15(21)16(12)17-32-34(2,27)20(26,35(28,29)33-17)10-13-4-3-5-22-11-13/h3-5,8-9,11,17,26H,6-7,10H2,1-2H3,(H,28,29). The molecule has 0 aliphatic carbocycles. The highest BCUT2D eigenvalue weighted by atomic mass is 31.2. The van der Waals surface area contributed by atoms with Gasteiger partial charge >= 0.3 is 19.8 Å². The number of rotatable bonds is 4. The summed E-state index contributed by atoms with van der Waals surface area (Å²) >= 11 is 0. The van der Waals surface area contributed by atoms with Crippen LogP contribution in [0, 0.1) is 12.7 Å². The van der Waals surface area contributed by atoms with Crippen molar-refractivity contribution in [2.24, 2.45) is 0 Å². The third-order valence-electron chi connectivity index (χ3n) is 5.53. The molecular weight excluding hydrogens is 509 g/mol. The predicted molar refractivity (Wildman–Crippen MR) is 116 cm³/mol. The fourth-order valence-electron chi connectivity index (χ4n) is 3.65. The number of aliphatic hydroxyl groups is 1. The van der Waals surface area contributed by atoms with E-state index in [0.717, 1.165) is 12.7 Å². The van der Waals surface area contributed by atoms with Crippen molar-refractivity contribution < 1.29 is 51.6 Å². The lowest BCUT2D eigenvalue weighted by Crippen LogP contribution is -2.38. The number of amides is 2. The number of cyclic esters (lactones) is 1. The monoisotopic (exact) mass is 530 g/mol. The number of imide groups is 1. The number of aryl methyl sites for hydroxylation is 1. The first-order valence-corrected chi connectivity index (χ1v) is 13.8. The lowest BCUT2D eigenvalue weighted by molar-refractivity contribution is -0.0461. The molecule has 0 bridgehead atoms. The quantitative estimate of drug-likeness (QED) is 0.557. The molecule has 3 heterocycles. The zero-order valence-corrected chi connectivity index (χ0v) is 20.3. The SMILES string of the molecule is Cc1cc(OC(=O)N2CCOC2=O)cc(F)c1C1OP(C)(=O)C(O)(Cc2cccnc2)P(=O)(O)O1. The minimum Gasteiger partial charge on any atom is -0.447 e. The van der Waals surface area contributed by atoms with Crippen molar-refractivity contribution in [3.05, 3.63) is 59.2 Å². The van der Waals surface area contributed by atoms with Crippen molar-refractivity contribution >= 4 is 27.2 Å². The van der Waals surface area contributed by atoms with Crippen molar-refractivity contribution in [2.75, 3.05) is 19.8 Å². The van der Waals surface area contributed by atoms with E-state index in [1.165, 1.54) is 37.5 Å². The first-order valence-electron chi connectivity index (χ1n) is 10.2. The third-order valence-corrected chi connectivity index (χ3v) is 11.0. The van der Waals surface area contributed by atoms with E-state index in [1.807, 2.05) is 0 Å². The highest BCUT2D eigenvalue weighted by Gasteiger charge is 2.65. The number of pyridine rings is 1. The van der Waals surface area contributed by atoms with E-state index in [2.05, 4.69) is 9.72 Å². The number of hydrogen-bond donors (Lipinski definition) is 2. The minimum absolute atomic E-state index is 0.00202. The van der Waals surface area contributed by atoms with Crippen LogP contribution in [0.25, 0.3) is 0 Å². The van der Waals surface area contributed by atoms with Crippen molar-refractivity contribution in [1.82, 2.24) is 9.88 Å². The number of carbonyl (C=O) groups excluding carboxylic acids is 2. The molecule has 2 aliphatic rings. The Morgan fingerprint density at radius 1 is 1.37 bits per heavy atom. The van der Waals surface area contributed by atoms with Gasteiger partial charge in [0.1, 0.15) is 18.2 Å². The molecule has 0 saturated carbocycles. The molecule has 0 radical (unpaired) electrons. The Labute approximate surface area is 198 Å². The maximum atomic E-state index is 15.1. The Balaban J connectivity index is 1.60. The van der Waals surface area contributed by atoms with E-state index >= 15 is 4.39 Å². The summed E-state index contributed by atoms with van der Waals surface area (Å²) in [5, 5.41) is 8.20. The molecule has 2 amide bonds. The van der Waals surface area contributed by atoms with Crippen LogP contribution in [0.4, 0.5) is 14.0 Å². The van der Waals surface area contributed by atoms with Crippen LogP contribution < -0.4 is 4.74 Å². The summed E-state index contributed by atoms with van der Waals surface area (Å²) in [6, 6.07) is 4.99. The van der Waals surface area contributed by atoms with Gasteiger partial charge in [-0.1, -0.05) is 6.07 Å². The summed E-state index contributed by atoms with van der Waals surface area (Å²) in [4.78, 5) is 38.7. The normalized spacial score (nSPS) is 30.7. The van der Waals surface area contributed by atoms with E-state index in [1.54, 1.807) is 0 Å². The van der Waals surface area contributed by atoms with Gasteiger partial charge in [-0.2, -0.15) is 0 Å². The highest BCUT2D eigenvalue weighted by molar-refractivity contribution is 7.76. The molecule has 1 aromatic carbocycles. The summed E-state index contributed by atoms with van der Waals surface area (Å²) in [5.74, 6) is -1.34. The van der Waals surface area contributed by atoms with Gasteiger partial charge in [-0.25, -0.2) is 18.9 Å². The van der Waals surface area contributed by atoms with E-state index in [4.69, 9.17) is 13.8 Å². The van der Waals surface area contributed by atoms with Gasteiger partial charge in [0.25, 0.3) is 0 Å². The summed E-state index contributed by atoms with van der Waals surface area (Å²) in [7, 11) is -9.42. The van der Waals surface area contributed by atoms with E-state index < -0.39 is 50.8 Å². The molecule has 2 fully saturated rings. The molecule has 2 aliphatic heterocycles. The number of nitrogens with zero attached hydrogens (tertiary/aromatic N) is 2. The zero-order valence-electron chi connectivity index (χ0n) is 18.5. The predicted octanol–water partition coefficient (Wildman–Crippen LogP) is 3.51. The molecule has 2 saturated heterocycles. The van der Waals surface area contributed by atoms with Gasteiger partial charge in [-0.3, -0.25) is 23.2 Å². The molecule has 188 valence electrons. The van der Waals surface area contributed by atoms with Crippen LogP contribution in [-0.4, -0.2) is 57.0 Å². The van der Waals surface area contributed by atoms with E-state index in [9.17, 15) is 28.7 Å². The number of hydrogen-bond acceptors (Lipinski definition) is 10. The fourth-order valence-corrected chi connectivity index (χ4v) is 7.95. The molecule has 1 aromatic heterocycles. The Bertz CT molecular complexity index is 1220. The Morgan fingerprint density at radius 3 is 2.69 bits per heavy atom.